The SMILES string of the molecule is O=C(O)CN1C(=O)/C(=C2\SC(=O)CC2=O)c2ccccc21. The van der Waals surface area contributed by atoms with E-state index in [4.69, 9.17) is 5.11 Å². The number of nitrogens with zero attached hydrogens (tertiary/aromatic N) is 1. The number of ketones is 1. The van der Waals surface area contributed by atoms with E-state index in [1.807, 2.05) is 0 Å². The van der Waals surface area contributed by atoms with Gasteiger partial charge in [-0.25, -0.2) is 0 Å². The van der Waals surface area contributed by atoms with Crippen LogP contribution in [0, 0.1) is 0 Å². The van der Waals surface area contributed by atoms with Crippen LogP contribution in [0.2, 0.25) is 0 Å². The van der Waals surface area contributed by atoms with Gasteiger partial charge in [0.15, 0.2) is 5.78 Å². The third-order valence-corrected chi connectivity index (χ3v) is 4.23. The predicted octanol–water partition coefficient (Wildman–Crippen LogP) is 1.06. The highest BCUT2D eigenvalue weighted by Gasteiger charge is 2.40. The van der Waals surface area contributed by atoms with Crippen molar-refractivity contribution in [2.45, 2.75) is 6.42 Å². The molecule has 21 heavy (non-hydrogen) atoms. The van der Waals surface area contributed by atoms with Crippen molar-refractivity contribution in [1.29, 1.82) is 0 Å². The largest absolute Gasteiger partial charge is 0.480 e. The summed E-state index contributed by atoms with van der Waals surface area (Å²) < 4.78 is 0. The fraction of sp³-hybridized carbons (Fsp3) is 0.143. The first-order chi connectivity index (χ1) is 9.99. The number of para-hydroxylation sites is 1. The van der Waals surface area contributed by atoms with E-state index in [1.165, 1.54) is 0 Å². The maximum Gasteiger partial charge on any atom is 0.323 e. The highest BCUT2D eigenvalue weighted by Crippen LogP contribution is 2.43. The number of carbonyl (C=O) groups excluding carboxylic acids is 3. The lowest BCUT2D eigenvalue weighted by Crippen LogP contribution is -2.32. The number of anilines is 1. The Hall–Kier alpha value is -2.41. The Morgan fingerprint density at radius 3 is 2.57 bits per heavy atom. The molecule has 0 radical (unpaired) electrons. The molecule has 1 amide bonds. The third kappa shape index (κ3) is 2.15. The lowest BCUT2D eigenvalue weighted by atomic mass is 10.1. The molecule has 7 heteroatoms. The topological polar surface area (TPSA) is 91.8 Å². The van der Waals surface area contributed by atoms with Gasteiger partial charge in [-0.15, -0.1) is 0 Å². The molecule has 2 aliphatic rings. The molecule has 1 N–H and O–H groups in total. The number of carboxylic acid groups (broad SMARTS) is 1. The summed E-state index contributed by atoms with van der Waals surface area (Å²) in [6, 6.07) is 6.65. The first-order valence-electron chi connectivity index (χ1n) is 6.10. The average molecular weight is 303 g/mol. The summed E-state index contributed by atoms with van der Waals surface area (Å²) >= 11 is 0.755. The quantitative estimate of drug-likeness (QED) is 0.649. The second-order valence-electron chi connectivity index (χ2n) is 4.58. The minimum Gasteiger partial charge on any atom is -0.480 e. The Balaban J connectivity index is 2.18. The van der Waals surface area contributed by atoms with Crippen LogP contribution in [0.4, 0.5) is 5.69 Å². The summed E-state index contributed by atoms with van der Waals surface area (Å²) in [5, 5.41) is 8.63. The first-order valence-corrected chi connectivity index (χ1v) is 6.92. The Morgan fingerprint density at radius 2 is 1.95 bits per heavy atom. The molecule has 0 unspecified atom stereocenters. The number of hydrogen-bond acceptors (Lipinski definition) is 5. The highest BCUT2D eigenvalue weighted by atomic mass is 32.2. The van der Waals surface area contributed by atoms with E-state index in [0.29, 0.717) is 11.3 Å². The van der Waals surface area contributed by atoms with Crippen LogP contribution in [0.5, 0.6) is 0 Å². The van der Waals surface area contributed by atoms with E-state index < -0.39 is 18.4 Å². The van der Waals surface area contributed by atoms with Crippen molar-refractivity contribution in [3.63, 3.8) is 0 Å². The number of aliphatic carboxylic acids is 1. The number of hydrogen-bond donors (Lipinski definition) is 1. The summed E-state index contributed by atoms with van der Waals surface area (Å²) in [5.41, 5.74) is 1.07. The third-order valence-electron chi connectivity index (χ3n) is 3.22. The van der Waals surface area contributed by atoms with Crippen LogP contribution < -0.4 is 4.90 Å². The van der Waals surface area contributed by atoms with Crippen LogP contribution in [0.25, 0.3) is 5.57 Å². The molecular formula is C14H9NO5S. The standard InChI is InChI=1S/C14H9NO5S/c16-9-5-11(19)21-13(9)12-7-3-1-2-4-8(7)15(14(12)20)6-10(17)18/h1-4H,5-6H2,(H,17,18)/b13-12-. The van der Waals surface area contributed by atoms with Gasteiger partial charge in [-0.3, -0.25) is 24.1 Å². The Labute approximate surface area is 123 Å². The zero-order valence-electron chi connectivity index (χ0n) is 10.7. The number of fused-ring (bicyclic) bond motifs is 1. The minimum atomic E-state index is -1.15. The molecule has 1 aromatic carbocycles. The van der Waals surface area contributed by atoms with Crippen molar-refractivity contribution in [2.24, 2.45) is 0 Å². The number of thioether (sulfide) groups is 1. The van der Waals surface area contributed by atoms with Crippen molar-refractivity contribution in [3.05, 3.63) is 34.7 Å². The van der Waals surface area contributed by atoms with Crippen molar-refractivity contribution < 1.29 is 24.3 Å². The van der Waals surface area contributed by atoms with Crippen molar-refractivity contribution in [3.8, 4) is 0 Å². The van der Waals surface area contributed by atoms with Crippen LogP contribution in [0.3, 0.4) is 0 Å². The second kappa shape index (κ2) is 4.85. The van der Waals surface area contributed by atoms with Crippen LogP contribution >= 0.6 is 11.8 Å². The number of Topliss-reactive ketones (excluding diaryl/α,β-unsaturated/α-hetero) is 1. The van der Waals surface area contributed by atoms with E-state index in [-0.39, 0.29) is 27.8 Å². The van der Waals surface area contributed by atoms with Crippen LogP contribution in [0.15, 0.2) is 29.2 Å². The Kier molecular flexibility index (Phi) is 3.13. The van der Waals surface area contributed by atoms with Gasteiger partial charge in [0, 0.05) is 5.56 Å². The van der Waals surface area contributed by atoms with E-state index in [2.05, 4.69) is 0 Å². The summed E-state index contributed by atoms with van der Waals surface area (Å²) in [6.45, 7) is -0.487. The number of amides is 1. The molecule has 1 saturated heterocycles. The number of rotatable bonds is 2. The van der Waals surface area contributed by atoms with Crippen LogP contribution in [-0.4, -0.2) is 34.4 Å². The van der Waals surface area contributed by atoms with Gasteiger partial charge in [-0.1, -0.05) is 18.2 Å². The molecule has 0 saturated carbocycles. The molecule has 1 fully saturated rings. The maximum absolute atomic E-state index is 12.5. The summed E-state index contributed by atoms with van der Waals surface area (Å²) in [4.78, 5) is 47.9. The fourth-order valence-corrected chi connectivity index (χ4v) is 3.32. The van der Waals surface area contributed by atoms with Crippen LogP contribution in [0.1, 0.15) is 12.0 Å². The zero-order valence-corrected chi connectivity index (χ0v) is 11.5. The Bertz CT molecular complexity index is 737. The molecule has 0 aliphatic carbocycles. The first kappa shape index (κ1) is 13.6. The lowest BCUT2D eigenvalue weighted by molar-refractivity contribution is -0.136. The average Bonchev–Trinajstić information content (AvgIpc) is 2.88. The molecule has 0 spiro atoms. The van der Waals surface area contributed by atoms with Crippen molar-refractivity contribution in [2.75, 3.05) is 11.4 Å². The fourth-order valence-electron chi connectivity index (χ4n) is 2.40. The van der Waals surface area contributed by atoms with E-state index in [0.717, 1.165) is 16.7 Å². The van der Waals surface area contributed by atoms with Gasteiger partial charge in [-0.2, -0.15) is 0 Å². The van der Waals surface area contributed by atoms with Gasteiger partial charge >= 0.3 is 5.97 Å². The zero-order chi connectivity index (χ0) is 15.1. The molecule has 0 bridgehead atoms. The second-order valence-corrected chi connectivity index (χ2v) is 5.65. The Morgan fingerprint density at radius 1 is 1.24 bits per heavy atom. The van der Waals surface area contributed by atoms with Crippen molar-refractivity contribution >= 4 is 45.8 Å². The van der Waals surface area contributed by atoms with Gasteiger partial charge in [0.1, 0.15) is 6.54 Å². The number of allylic oxidation sites excluding steroid dienone is 1. The lowest BCUT2D eigenvalue weighted by Gasteiger charge is -2.13. The number of benzene rings is 1. The molecule has 6 nitrogen and oxygen atoms in total. The number of carboxylic acids is 1. The summed E-state index contributed by atoms with van der Waals surface area (Å²) in [5.74, 6) is -2.09. The van der Waals surface area contributed by atoms with E-state index in [1.54, 1.807) is 24.3 Å². The van der Waals surface area contributed by atoms with E-state index in [9.17, 15) is 19.2 Å². The molecule has 0 atom stereocenters. The molecular weight excluding hydrogens is 294 g/mol. The molecule has 2 heterocycles. The summed E-state index contributed by atoms with van der Waals surface area (Å²) in [7, 11) is 0. The highest BCUT2D eigenvalue weighted by molar-refractivity contribution is 8.18. The number of carbonyl (C=O) groups is 4. The molecule has 2 aliphatic heterocycles. The monoisotopic (exact) mass is 303 g/mol. The van der Waals surface area contributed by atoms with Gasteiger partial charge in [0.2, 0.25) is 5.12 Å². The maximum atomic E-state index is 12.5. The van der Waals surface area contributed by atoms with E-state index >= 15 is 0 Å². The minimum absolute atomic E-state index is 0.116. The molecule has 0 aromatic heterocycles. The van der Waals surface area contributed by atoms with Gasteiger partial charge in [-0.05, 0) is 17.8 Å². The molecule has 1 aromatic rings. The van der Waals surface area contributed by atoms with Gasteiger partial charge < -0.3 is 5.11 Å². The van der Waals surface area contributed by atoms with Gasteiger partial charge in [0.05, 0.1) is 22.6 Å². The molecule has 3 rings (SSSR count). The van der Waals surface area contributed by atoms with Crippen molar-refractivity contribution in [1.82, 2.24) is 0 Å². The van der Waals surface area contributed by atoms with Crippen LogP contribution in [-0.2, 0) is 19.2 Å². The smallest absolute Gasteiger partial charge is 0.323 e. The molecule has 106 valence electrons. The van der Waals surface area contributed by atoms with Gasteiger partial charge in [0.25, 0.3) is 5.91 Å². The predicted molar refractivity (Wildman–Crippen MR) is 75.6 cm³/mol. The summed E-state index contributed by atoms with van der Waals surface area (Å²) in [6.07, 6.45) is -0.224. The normalized spacial score (nSPS) is 21.1.